The van der Waals surface area contributed by atoms with Crippen molar-refractivity contribution in [2.45, 2.75) is 19.9 Å². The van der Waals surface area contributed by atoms with Gasteiger partial charge in [-0.25, -0.2) is 4.98 Å². The van der Waals surface area contributed by atoms with Crippen LogP contribution in [0.25, 0.3) is 21.6 Å². The summed E-state index contributed by atoms with van der Waals surface area (Å²) < 4.78 is 0. The zero-order valence-corrected chi connectivity index (χ0v) is 16.7. The number of thiophene rings is 1. The molecule has 29 heavy (non-hydrogen) atoms. The van der Waals surface area contributed by atoms with Crippen LogP contribution in [0, 0.1) is 6.92 Å². The molecule has 6 heteroatoms. The fourth-order valence-electron chi connectivity index (χ4n) is 3.84. The van der Waals surface area contributed by atoms with Crippen LogP contribution >= 0.6 is 11.3 Å². The number of pyridine rings is 2. The Balaban J connectivity index is 1.68. The zero-order valence-electron chi connectivity index (χ0n) is 15.9. The lowest BCUT2D eigenvalue weighted by Gasteiger charge is -2.24. The third-order valence-corrected chi connectivity index (χ3v) is 6.19. The van der Waals surface area contributed by atoms with Crippen LogP contribution in [0.2, 0.25) is 0 Å². The van der Waals surface area contributed by atoms with E-state index >= 15 is 0 Å². The molecule has 1 aliphatic rings. The number of benzene rings is 1. The van der Waals surface area contributed by atoms with Crippen LogP contribution in [0.3, 0.4) is 0 Å². The number of nitrogens with zero attached hydrogens (tertiary/aromatic N) is 3. The summed E-state index contributed by atoms with van der Waals surface area (Å²) in [5, 5.41) is 1.01. The van der Waals surface area contributed by atoms with Gasteiger partial charge in [0.2, 0.25) is 0 Å². The minimum Gasteiger partial charge on any atom is -0.269 e. The predicted molar refractivity (Wildman–Crippen MR) is 113 cm³/mol. The van der Waals surface area contributed by atoms with Gasteiger partial charge in [-0.2, -0.15) is 0 Å². The number of rotatable bonds is 3. The van der Waals surface area contributed by atoms with Crippen molar-refractivity contribution in [2.75, 3.05) is 0 Å². The Labute approximate surface area is 171 Å². The number of imide groups is 1. The third kappa shape index (κ3) is 2.76. The monoisotopic (exact) mass is 399 g/mol. The summed E-state index contributed by atoms with van der Waals surface area (Å²) in [5.41, 5.74) is 3.12. The fraction of sp³-hybridized carbons (Fsp3) is 0.130. The average Bonchev–Trinajstić information content (AvgIpc) is 3.23. The van der Waals surface area contributed by atoms with Crippen LogP contribution in [0.5, 0.6) is 0 Å². The third-order valence-electron chi connectivity index (χ3n) is 5.23. The second-order valence-electron chi connectivity index (χ2n) is 7.09. The van der Waals surface area contributed by atoms with Gasteiger partial charge in [0.1, 0.15) is 4.83 Å². The van der Waals surface area contributed by atoms with E-state index in [1.165, 1.54) is 4.90 Å². The predicted octanol–water partition coefficient (Wildman–Crippen LogP) is 5.02. The molecule has 1 aromatic carbocycles. The Bertz CT molecular complexity index is 1250. The average molecular weight is 399 g/mol. The molecule has 1 unspecified atom stereocenters. The molecule has 0 fully saturated rings. The first-order valence-corrected chi connectivity index (χ1v) is 10.2. The molecule has 2 amide bonds. The quantitative estimate of drug-likeness (QED) is 0.454. The highest BCUT2D eigenvalue weighted by atomic mass is 32.1. The first kappa shape index (κ1) is 17.7. The molecule has 1 atom stereocenters. The molecule has 4 heterocycles. The van der Waals surface area contributed by atoms with E-state index in [1.54, 1.807) is 41.8 Å². The summed E-state index contributed by atoms with van der Waals surface area (Å²) in [4.78, 5) is 38.8. The molecule has 3 aromatic heterocycles. The van der Waals surface area contributed by atoms with Crippen LogP contribution in [0.1, 0.15) is 44.1 Å². The molecule has 142 valence electrons. The van der Waals surface area contributed by atoms with Gasteiger partial charge in [0.15, 0.2) is 0 Å². The molecule has 0 radical (unpaired) electrons. The summed E-state index contributed by atoms with van der Waals surface area (Å²) in [6.07, 6.45) is 1.72. The van der Waals surface area contributed by atoms with Crippen molar-refractivity contribution < 1.29 is 9.59 Å². The van der Waals surface area contributed by atoms with E-state index in [0.29, 0.717) is 16.8 Å². The van der Waals surface area contributed by atoms with Gasteiger partial charge in [0.25, 0.3) is 11.8 Å². The van der Waals surface area contributed by atoms with Crippen molar-refractivity contribution in [3.05, 3.63) is 82.4 Å². The van der Waals surface area contributed by atoms with Crippen LogP contribution < -0.4 is 0 Å². The molecular weight excluding hydrogens is 382 g/mol. The van der Waals surface area contributed by atoms with Crippen molar-refractivity contribution in [1.82, 2.24) is 14.9 Å². The topological polar surface area (TPSA) is 63.2 Å². The summed E-state index contributed by atoms with van der Waals surface area (Å²) in [5.74, 6) is -0.543. The lowest BCUT2D eigenvalue weighted by atomic mass is 10.0. The van der Waals surface area contributed by atoms with Crippen LogP contribution in [-0.4, -0.2) is 26.7 Å². The Morgan fingerprint density at radius 2 is 1.66 bits per heavy atom. The van der Waals surface area contributed by atoms with Gasteiger partial charge >= 0.3 is 0 Å². The minimum absolute atomic E-state index is 0.272. The maximum Gasteiger partial charge on any atom is 0.262 e. The molecule has 5 nitrogen and oxygen atoms in total. The van der Waals surface area contributed by atoms with Crippen LogP contribution in [-0.2, 0) is 0 Å². The van der Waals surface area contributed by atoms with E-state index in [1.807, 2.05) is 38.1 Å². The molecule has 0 spiro atoms. The van der Waals surface area contributed by atoms with E-state index in [0.717, 1.165) is 26.4 Å². The van der Waals surface area contributed by atoms with Gasteiger partial charge in [-0.05, 0) is 50.2 Å². The van der Waals surface area contributed by atoms with Crippen molar-refractivity contribution in [3.63, 3.8) is 0 Å². The van der Waals surface area contributed by atoms with Gasteiger partial charge in [0, 0.05) is 22.0 Å². The van der Waals surface area contributed by atoms with Gasteiger partial charge < -0.3 is 0 Å². The van der Waals surface area contributed by atoms with Crippen LogP contribution in [0.15, 0.2) is 60.8 Å². The molecule has 0 saturated carbocycles. The maximum absolute atomic E-state index is 13.0. The molecule has 1 aliphatic heterocycles. The first-order valence-electron chi connectivity index (χ1n) is 9.34. The number of hydrogen-bond acceptors (Lipinski definition) is 5. The summed E-state index contributed by atoms with van der Waals surface area (Å²) in [7, 11) is 0. The number of carbonyl (C=O) groups is 2. The standard InChI is InChI=1S/C23H17N3O2S/c1-13-11-15-12-18(20(25-21(15)29-13)19-9-5-6-10-24-19)14(2)26-22(27)16-7-3-4-8-17(16)23(26)28/h3-12,14H,1-2H3. The smallest absolute Gasteiger partial charge is 0.262 e. The van der Waals surface area contributed by atoms with E-state index < -0.39 is 6.04 Å². The minimum atomic E-state index is -0.475. The highest BCUT2D eigenvalue weighted by Crippen LogP contribution is 2.37. The molecule has 0 N–H and O–H groups in total. The lowest BCUT2D eigenvalue weighted by Crippen LogP contribution is -2.33. The Morgan fingerprint density at radius 1 is 0.966 bits per heavy atom. The number of carbonyl (C=O) groups excluding carboxylic acids is 2. The number of aryl methyl sites for hydroxylation is 1. The number of aromatic nitrogens is 2. The second kappa shape index (κ2) is 6.60. The summed E-state index contributed by atoms with van der Waals surface area (Å²) >= 11 is 1.62. The number of hydrogen-bond donors (Lipinski definition) is 0. The molecule has 0 aliphatic carbocycles. The Kier molecular flexibility index (Phi) is 4.03. The SMILES string of the molecule is Cc1cc2cc(C(C)N3C(=O)c4ccccc4C3=O)c(-c3ccccn3)nc2s1. The highest BCUT2D eigenvalue weighted by molar-refractivity contribution is 7.18. The molecule has 5 rings (SSSR count). The van der Waals surface area contributed by atoms with Gasteiger partial charge in [-0.15, -0.1) is 11.3 Å². The van der Waals surface area contributed by atoms with E-state index in [4.69, 9.17) is 4.98 Å². The van der Waals surface area contributed by atoms with Gasteiger partial charge in [-0.3, -0.25) is 19.5 Å². The first-order chi connectivity index (χ1) is 14.0. The van der Waals surface area contributed by atoms with Crippen molar-refractivity contribution in [2.24, 2.45) is 0 Å². The molecular formula is C23H17N3O2S. The maximum atomic E-state index is 13.0. The van der Waals surface area contributed by atoms with Gasteiger partial charge in [-0.1, -0.05) is 18.2 Å². The van der Waals surface area contributed by atoms with Crippen LogP contribution in [0.4, 0.5) is 0 Å². The van der Waals surface area contributed by atoms with Crippen molar-refractivity contribution in [1.29, 1.82) is 0 Å². The summed E-state index contributed by atoms with van der Waals surface area (Å²) in [6, 6.07) is 16.2. The summed E-state index contributed by atoms with van der Waals surface area (Å²) in [6.45, 7) is 3.91. The Morgan fingerprint density at radius 3 is 2.31 bits per heavy atom. The van der Waals surface area contributed by atoms with E-state index in [2.05, 4.69) is 11.1 Å². The molecule has 4 aromatic rings. The molecule has 0 bridgehead atoms. The number of amides is 2. The molecule has 0 saturated heterocycles. The van der Waals surface area contributed by atoms with Crippen molar-refractivity contribution >= 4 is 33.4 Å². The highest BCUT2D eigenvalue weighted by Gasteiger charge is 2.39. The van der Waals surface area contributed by atoms with Gasteiger partial charge in [0.05, 0.1) is 28.6 Å². The van der Waals surface area contributed by atoms with E-state index in [-0.39, 0.29) is 11.8 Å². The van der Waals surface area contributed by atoms with Crippen molar-refractivity contribution in [3.8, 4) is 11.4 Å². The number of fused-ring (bicyclic) bond motifs is 2. The second-order valence-corrected chi connectivity index (χ2v) is 8.33. The fourth-order valence-corrected chi connectivity index (χ4v) is 4.70. The Hall–Kier alpha value is -3.38. The normalized spacial score (nSPS) is 14.5. The lowest BCUT2D eigenvalue weighted by molar-refractivity contribution is 0.0595. The largest absolute Gasteiger partial charge is 0.269 e. The zero-order chi connectivity index (χ0) is 20.1. The van der Waals surface area contributed by atoms with E-state index in [9.17, 15) is 9.59 Å².